The van der Waals surface area contributed by atoms with E-state index in [2.05, 4.69) is 11.4 Å². The van der Waals surface area contributed by atoms with E-state index in [1.807, 2.05) is 35.0 Å². The van der Waals surface area contributed by atoms with Crippen molar-refractivity contribution < 1.29 is 9.53 Å². The van der Waals surface area contributed by atoms with Crippen molar-refractivity contribution in [3.8, 4) is 17.5 Å². The van der Waals surface area contributed by atoms with Crippen LogP contribution in [0.2, 0.25) is 0 Å². The molecule has 0 fully saturated rings. The molecular weight excluding hydrogens is 364 g/mol. The zero-order valence-electron chi connectivity index (χ0n) is 16.3. The summed E-state index contributed by atoms with van der Waals surface area (Å²) in [7, 11) is 0. The molecule has 1 N–H and O–H groups in total. The fourth-order valence-corrected chi connectivity index (χ4v) is 3.62. The van der Waals surface area contributed by atoms with E-state index in [0.29, 0.717) is 17.9 Å². The number of fused-ring (bicyclic) bond motifs is 1. The predicted molar refractivity (Wildman–Crippen MR) is 109 cm³/mol. The smallest absolute Gasteiger partial charge is 0.261 e. The highest BCUT2D eigenvalue weighted by Crippen LogP contribution is 2.27. The lowest BCUT2D eigenvalue weighted by Gasteiger charge is -2.14. The van der Waals surface area contributed by atoms with Crippen molar-refractivity contribution >= 4 is 5.91 Å². The zero-order chi connectivity index (χ0) is 20.2. The van der Waals surface area contributed by atoms with Gasteiger partial charge < -0.3 is 10.1 Å². The summed E-state index contributed by atoms with van der Waals surface area (Å²) in [6.07, 6.45) is 2.46. The van der Waals surface area contributed by atoms with Crippen LogP contribution >= 0.6 is 0 Å². The van der Waals surface area contributed by atoms with E-state index in [1.54, 1.807) is 31.2 Å². The van der Waals surface area contributed by atoms with Crippen LogP contribution in [0.4, 0.5) is 0 Å². The number of ether oxygens (including phenoxy) is 1. The molecule has 1 heterocycles. The van der Waals surface area contributed by atoms with Crippen molar-refractivity contribution in [2.75, 3.05) is 0 Å². The number of nitrogens with one attached hydrogen (secondary N) is 1. The summed E-state index contributed by atoms with van der Waals surface area (Å²) in [6, 6.07) is 18.9. The van der Waals surface area contributed by atoms with Gasteiger partial charge in [0, 0.05) is 5.69 Å². The quantitative estimate of drug-likeness (QED) is 0.705. The molecule has 4 rings (SSSR count). The Kier molecular flexibility index (Phi) is 5.30. The molecule has 0 radical (unpaired) electrons. The Hall–Kier alpha value is -3.59. The molecule has 0 saturated carbocycles. The van der Waals surface area contributed by atoms with Gasteiger partial charge in [-0.15, -0.1) is 0 Å². The monoisotopic (exact) mass is 386 g/mol. The number of carbonyl (C=O) groups is 1. The van der Waals surface area contributed by atoms with Gasteiger partial charge in [-0.25, -0.2) is 4.68 Å². The number of nitrogens with zero attached hydrogens (tertiary/aromatic N) is 3. The second-order valence-electron chi connectivity index (χ2n) is 7.09. The number of carbonyl (C=O) groups excluding carboxylic acids is 1. The van der Waals surface area contributed by atoms with Crippen LogP contribution in [0.1, 0.15) is 35.9 Å². The molecule has 6 heteroatoms. The van der Waals surface area contributed by atoms with Gasteiger partial charge in [-0.05, 0) is 68.1 Å². The first kappa shape index (κ1) is 18.8. The number of para-hydroxylation sites is 1. The Bertz CT molecular complexity index is 1050. The van der Waals surface area contributed by atoms with Crippen LogP contribution in [-0.2, 0) is 24.2 Å². The maximum atomic E-state index is 12.5. The van der Waals surface area contributed by atoms with Gasteiger partial charge >= 0.3 is 0 Å². The minimum absolute atomic E-state index is 0.199. The maximum absolute atomic E-state index is 12.5. The summed E-state index contributed by atoms with van der Waals surface area (Å²) in [5, 5.41) is 16.6. The average Bonchev–Trinajstić information content (AvgIpc) is 3.36. The first-order valence-corrected chi connectivity index (χ1v) is 9.75. The highest BCUT2D eigenvalue weighted by Gasteiger charge is 2.24. The van der Waals surface area contributed by atoms with E-state index in [0.717, 1.165) is 30.6 Å². The third-order valence-corrected chi connectivity index (χ3v) is 5.11. The minimum atomic E-state index is -0.646. The van der Waals surface area contributed by atoms with Crippen LogP contribution in [0.5, 0.6) is 5.75 Å². The molecule has 3 aromatic rings. The highest BCUT2D eigenvalue weighted by molar-refractivity contribution is 5.80. The SMILES string of the molecule is CC(Oc1ccc(C#N)cc1)C(=O)NCc1nn(-c2ccccc2)c2c1CCC2. The first-order valence-electron chi connectivity index (χ1n) is 9.75. The lowest BCUT2D eigenvalue weighted by atomic mass is 10.2. The third-order valence-electron chi connectivity index (χ3n) is 5.11. The summed E-state index contributed by atoms with van der Waals surface area (Å²) < 4.78 is 7.68. The lowest BCUT2D eigenvalue weighted by Crippen LogP contribution is -2.36. The average molecular weight is 386 g/mol. The van der Waals surface area contributed by atoms with Crippen molar-refractivity contribution in [3.63, 3.8) is 0 Å². The van der Waals surface area contributed by atoms with E-state index >= 15 is 0 Å². The number of aromatic nitrogens is 2. The summed E-state index contributed by atoms with van der Waals surface area (Å²) in [5.41, 5.74) is 5.00. The van der Waals surface area contributed by atoms with Gasteiger partial charge in [0.05, 0.1) is 29.6 Å². The molecule has 0 spiro atoms. The van der Waals surface area contributed by atoms with Crippen molar-refractivity contribution in [2.45, 2.75) is 38.8 Å². The molecule has 29 heavy (non-hydrogen) atoms. The fraction of sp³-hybridized carbons (Fsp3) is 0.261. The Balaban J connectivity index is 1.42. The number of amides is 1. The van der Waals surface area contributed by atoms with Gasteiger partial charge in [0.1, 0.15) is 5.75 Å². The second kappa shape index (κ2) is 8.19. The normalized spacial score (nSPS) is 13.4. The number of rotatable bonds is 6. The van der Waals surface area contributed by atoms with E-state index in [-0.39, 0.29) is 5.91 Å². The van der Waals surface area contributed by atoms with Gasteiger partial charge in [0.15, 0.2) is 6.10 Å². The molecule has 1 aliphatic rings. The fourth-order valence-electron chi connectivity index (χ4n) is 3.62. The van der Waals surface area contributed by atoms with E-state index < -0.39 is 6.10 Å². The molecule has 1 aromatic heterocycles. The molecule has 0 saturated heterocycles. The number of benzene rings is 2. The number of hydrogen-bond acceptors (Lipinski definition) is 4. The van der Waals surface area contributed by atoms with Gasteiger partial charge in [-0.2, -0.15) is 10.4 Å². The van der Waals surface area contributed by atoms with Crippen molar-refractivity contribution in [3.05, 3.63) is 77.1 Å². The Morgan fingerprint density at radius 3 is 2.69 bits per heavy atom. The van der Waals surface area contributed by atoms with E-state index in [4.69, 9.17) is 15.1 Å². The van der Waals surface area contributed by atoms with Crippen LogP contribution < -0.4 is 10.1 Å². The second-order valence-corrected chi connectivity index (χ2v) is 7.09. The molecule has 6 nitrogen and oxygen atoms in total. The minimum Gasteiger partial charge on any atom is -0.481 e. The Morgan fingerprint density at radius 2 is 1.97 bits per heavy atom. The molecule has 1 aliphatic carbocycles. The zero-order valence-corrected chi connectivity index (χ0v) is 16.3. The Labute approximate surface area is 169 Å². The maximum Gasteiger partial charge on any atom is 0.261 e. The third kappa shape index (κ3) is 3.99. The molecule has 1 unspecified atom stereocenters. The molecule has 1 amide bonds. The molecule has 0 bridgehead atoms. The van der Waals surface area contributed by atoms with Gasteiger partial charge in [0.25, 0.3) is 5.91 Å². The summed E-state index contributed by atoms with van der Waals surface area (Å²) in [6.45, 7) is 2.09. The van der Waals surface area contributed by atoms with Crippen molar-refractivity contribution in [1.29, 1.82) is 5.26 Å². The topological polar surface area (TPSA) is 79.9 Å². The van der Waals surface area contributed by atoms with Crippen LogP contribution in [-0.4, -0.2) is 21.8 Å². The molecule has 0 aliphatic heterocycles. The molecule has 2 aromatic carbocycles. The summed E-state index contributed by atoms with van der Waals surface area (Å²) in [4.78, 5) is 12.5. The highest BCUT2D eigenvalue weighted by atomic mass is 16.5. The van der Waals surface area contributed by atoms with E-state index in [1.165, 1.54) is 11.3 Å². The summed E-state index contributed by atoms with van der Waals surface area (Å²) >= 11 is 0. The molecule has 146 valence electrons. The molecular formula is C23H22N4O2. The van der Waals surface area contributed by atoms with Crippen LogP contribution in [0, 0.1) is 11.3 Å². The Morgan fingerprint density at radius 1 is 1.21 bits per heavy atom. The first-order chi connectivity index (χ1) is 14.2. The number of hydrogen-bond donors (Lipinski definition) is 1. The standard InChI is InChI=1S/C23H22N4O2/c1-16(29-19-12-10-17(14-24)11-13-19)23(28)25-15-21-20-8-5-9-22(20)27(26-21)18-6-3-2-4-7-18/h2-4,6-7,10-13,16H,5,8-9,15H2,1H3,(H,25,28). The summed E-state index contributed by atoms with van der Waals surface area (Å²) in [5.74, 6) is 0.358. The van der Waals surface area contributed by atoms with Gasteiger partial charge in [0.2, 0.25) is 0 Å². The largest absolute Gasteiger partial charge is 0.481 e. The lowest BCUT2D eigenvalue weighted by molar-refractivity contribution is -0.127. The van der Waals surface area contributed by atoms with Crippen molar-refractivity contribution in [2.24, 2.45) is 0 Å². The number of nitriles is 1. The van der Waals surface area contributed by atoms with Gasteiger partial charge in [-0.3, -0.25) is 4.79 Å². The van der Waals surface area contributed by atoms with Gasteiger partial charge in [-0.1, -0.05) is 18.2 Å². The van der Waals surface area contributed by atoms with Crippen LogP contribution in [0.25, 0.3) is 5.69 Å². The van der Waals surface area contributed by atoms with Crippen molar-refractivity contribution in [1.82, 2.24) is 15.1 Å². The van der Waals surface area contributed by atoms with Crippen LogP contribution in [0.3, 0.4) is 0 Å². The van der Waals surface area contributed by atoms with E-state index in [9.17, 15) is 4.79 Å². The predicted octanol–water partition coefficient (Wildman–Crippen LogP) is 3.32. The molecule has 1 atom stereocenters. The van der Waals surface area contributed by atoms with Crippen LogP contribution in [0.15, 0.2) is 54.6 Å².